The number of halogens is 1. The molecule has 0 atom stereocenters. The predicted molar refractivity (Wildman–Crippen MR) is 87.2 cm³/mol. The summed E-state index contributed by atoms with van der Waals surface area (Å²) in [6.07, 6.45) is 1.78. The average Bonchev–Trinajstić information content (AvgIpc) is 2.85. The van der Waals surface area contributed by atoms with Gasteiger partial charge >= 0.3 is 0 Å². The van der Waals surface area contributed by atoms with E-state index in [0.717, 1.165) is 32.5 Å². The van der Waals surface area contributed by atoms with Gasteiger partial charge in [0.15, 0.2) is 0 Å². The number of benzene rings is 1. The lowest BCUT2D eigenvalue weighted by atomic mass is 10.1. The van der Waals surface area contributed by atoms with E-state index in [-0.39, 0.29) is 0 Å². The second kappa shape index (κ2) is 5.37. The quantitative estimate of drug-likeness (QED) is 0.735. The Hall–Kier alpha value is -2.08. The van der Waals surface area contributed by atoms with Crippen molar-refractivity contribution < 1.29 is 4.52 Å². The van der Waals surface area contributed by atoms with E-state index in [4.69, 9.17) is 10.3 Å². The number of nitrogens with two attached hydrogens (primary N) is 1. The van der Waals surface area contributed by atoms with E-state index >= 15 is 0 Å². The van der Waals surface area contributed by atoms with Gasteiger partial charge in [-0.25, -0.2) is 0 Å². The summed E-state index contributed by atoms with van der Waals surface area (Å²) >= 11 is 3.43. The summed E-state index contributed by atoms with van der Waals surface area (Å²) in [6.45, 7) is 2.53. The largest absolute Gasteiger partial charge is 0.398 e. The lowest BCUT2D eigenvalue weighted by Gasteiger charge is -2.20. The van der Waals surface area contributed by atoms with Gasteiger partial charge in [-0.15, -0.1) is 0 Å². The molecule has 6 heteroatoms. The molecule has 0 spiro atoms. The van der Waals surface area contributed by atoms with Crippen molar-refractivity contribution >= 4 is 38.2 Å². The van der Waals surface area contributed by atoms with Gasteiger partial charge in [0, 0.05) is 34.9 Å². The number of anilines is 2. The zero-order valence-electron chi connectivity index (χ0n) is 11.8. The van der Waals surface area contributed by atoms with Gasteiger partial charge in [-0.2, -0.15) is 0 Å². The fourth-order valence-corrected chi connectivity index (χ4v) is 2.66. The number of aryl methyl sites for hydroxylation is 1. The Labute approximate surface area is 130 Å². The highest BCUT2D eigenvalue weighted by atomic mass is 79.9. The molecule has 0 aliphatic carbocycles. The zero-order valence-corrected chi connectivity index (χ0v) is 13.4. The summed E-state index contributed by atoms with van der Waals surface area (Å²) in [5.74, 6) is 0.808. The van der Waals surface area contributed by atoms with Crippen LogP contribution in [0.4, 0.5) is 11.4 Å². The molecule has 21 heavy (non-hydrogen) atoms. The van der Waals surface area contributed by atoms with Gasteiger partial charge in [0.25, 0.3) is 0 Å². The maximum atomic E-state index is 6.04. The summed E-state index contributed by atoms with van der Waals surface area (Å²) in [5.41, 5.74) is 9.53. The fourth-order valence-electron chi connectivity index (χ4n) is 2.33. The SMILES string of the molecule is Cc1cc(CN(C)c2ccc(N)c3cc(Br)cnc23)no1. The first-order chi connectivity index (χ1) is 10.0. The van der Waals surface area contributed by atoms with Crippen molar-refractivity contribution in [2.75, 3.05) is 17.7 Å². The monoisotopic (exact) mass is 346 g/mol. The van der Waals surface area contributed by atoms with Gasteiger partial charge in [-0.1, -0.05) is 5.16 Å². The van der Waals surface area contributed by atoms with Crippen LogP contribution in [0.25, 0.3) is 10.9 Å². The van der Waals surface area contributed by atoms with E-state index in [1.807, 2.05) is 38.2 Å². The van der Waals surface area contributed by atoms with Crippen molar-refractivity contribution in [3.8, 4) is 0 Å². The number of aromatic nitrogens is 2. The fraction of sp³-hybridized carbons (Fsp3) is 0.200. The zero-order chi connectivity index (χ0) is 15.0. The Kier molecular flexibility index (Phi) is 3.55. The molecule has 2 heterocycles. The van der Waals surface area contributed by atoms with E-state index in [1.54, 1.807) is 6.20 Å². The molecule has 0 saturated heterocycles. The van der Waals surface area contributed by atoms with E-state index in [1.165, 1.54) is 0 Å². The summed E-state index contributed by atoms with van der Waals surface area (Å²) in [5, 5.41) is 4.96. The predicted octanol–water partition coefficient (Wildman–Crippen LogP) is 3.51. The van der Waals surface area contributed by atoms with Crippen molar-refractivity contribution in [3.05, 3.63) is 46.4 Å². The van der Waals surface area contributed by atoms with Crippen LogP contribution in [0.1, 0.15) is 11.5 Å². The van der Waals surface area contributed by atoms with Gasteiger partial charge < -0.3 is 15.2 Å². The molecule has 0 fully saturated rings. The summed E-state index contributed by atoms with van der Waals surface area (Å²) < 4.78 is 6.02. The lowest BCUT2D eigenvalue weighted by molar-refractivity contribution is 0.390. The Bertz CT molecular complexity index is 799. The van der Waals surface area contributed by atoms with Crippen molar-refractivity contribution in [3.63, 3.8) is 0 Å². The number of nitrogens with zero attached hydrogens (tertiary/aromatic N) is 3. The molecule has 3 aromatic rings. The number of pyridine rings is 1. The third-order valence-corrected chi connectivity index (χ3v) is 3.75. The van der Waals surface area contributed by atoms with E-state index in [0.29, 0.717) is 12.2 Å². The molecule has 5 nitrogen and oxygen atoms in total. The second-order valence-electron chi connectivity index (χ2n) is 5.01. The minimum Gasteiger partial charge on any atom is -0.398 e. The normalized spacial score (nSPS) is 11.0. The van der Waals surface area contributed by atoms with Gasteiger partial charge in [-0.05, 0) is 41.1 Å². The van der Waals surface area contributed by atoms with E-state index in [9.17, 15) is 0 Å². The summed E-state index contributed by atoms with van der Waals surface area (Å²) in [4.78, 5) is 6.58. The third kappa shape index (κ3) is 2.71. The van der Waals surface area contributed by atoms with Crippen LogP contribution in [-0.4, -0.2) is 17.2 Å². The molecule has 2 N–H and O–H groups in total. The van der Waals surface area contributed by atoms with Crippen LogP contribution in [0.2, 0.25) is 0 Å². The molecule has 2 aromatic heterocycles. The molecule has 0 aliphatic rings. The summed E-state index contributed by atoms with van der Waals surface area (Å²) in [6, 6.07) is 7.79. The number of rotatable bonds is 3. The third-order valence-electron chi connectivity index (χ3n) is 3.32. The molecule has 0 saturated carbocycles. The maximum absolute atomic E-state index is 6.04. The number of fused-ring (bicyclic) bond motifs is 1. The van der Waals surface area contributed by atoms with Gasteiger partial charge in [0.1, 0.15) is 11.5 Å². The van der Waals surface area contributed by atoms with Gasteiger partial charge in [0.05, 0.1) is 17.7 Å². The van der Waals surface area contributed by atoms with Crippen LogP contribution >= 0.6 is 15.9 Å². The average molecular weight is 347 g/mol. The first-order valence-electron chi connectivity index (χ1n) is 6.51. The first kappa shape index (κ1) is 13.9. The number of hydrogen-bond donors (Lipinski definition) is 1. The molecule has 0 bridgehead atoms. The maximum Gasteiger partial charge on any atom is 0.133 e. The minimum absolute atomic E-state index is 0.647. The smallest absolute Gasteiger partial charge is 0.133 e. The molecule has 0 aliphatic heterocycles. The van der Waals surface area contributed by atoms with Crippen LogP contribution < -0.4 is 10.6 Å². The standard InChI is InChI=1S/C15H15BrN4O/c1-9-5-11(19-21-9)8-20(2)14-4-3-13(17)12-6-10(16)7-18-15(12)14/h3-7H,8,17H2,1-2H3. The van der Waals surface area contributed by atoms with Gasteiger partial charge in [-0.3, -0.25) is 4.98 Å². The molecule has 108 valence electrons. The van der Waals surface area contributed by atoms with Crippen LogP contribution in [0.3, 0.4) is 0 Å². The highest BCUT2D eigenvalue weighted by molar-refractivity contribution is 9.10. The van der Waals surface area contributed by atoms with E-state index < -0.39 is 0 Å². The van der Waals surface area contributed by atoms with Crippen LogP contribution in [0.15, 0.2) is 39.5 Å². The minimum atomic E-state index is 0.647. The first-order valence-corrected chi connectivity index (χ1v) is 7.31. The Morgan fingerprint density at radius 2 is 2.14 bits per heavy atom. The van der Waals surface area contributed by atoms with E-state index in [2.05, 4.69) is 31.0 Å². The Morgan fingerprint density at radius 3 is 2.86 bits per heavy atom. The molecular weight excluding hydrogens is 332 g/mol. The van der Waals surface area contributed by atoms with Crippen molar-refractivity contribution in [1.82, 2.24) is 10.1 Å². The van der Waals surface area contributed by atoms with Crippen LogP contribution in [0, 0.1) is 6.92 Å². The van der Waals surface area contributed by atoms with Crippen molar-refractivity contribution in [2.45, 2.75) is 13.5 Å². The highest BCUT2D eigenvalue weighted by Crippen LogP contribution is 2.31. The molecule has 0 radical (unpaired) electrons. The number of hydrogen-bond acceptors (Lipinski definition) is 5. The van der Waals surface area contributed by atoms with Crippen LogP contribution in [-0.2, 0) is 6.54 Å². The molecular formula is C15H15BrN4O. The van der Waals surface area contributed by atoms with Crippen molar-refractivity contribution in [2.24, 2.45) is 0 Å². The number of nitrogen functional groups attached to an aromatic ring is 1. The van der Waals surface area contributed by atoms with Crippen LogP contribution in [0.5, 0.6) is 0 Å². The molecule has 0 amide bonds. The molecule has 3 rings (SSSR count). The topological polar surface area (TPSA) is 68.2 Å². The molecule has 1 aromatic carbocycles. The Morgan fingerprint density at radius 1 is 1.33 bits per heavy atom. The Balaban J connectivity index is 2.01. The molecule has 0 unspecified atom stereocenters. The van der Waals surface area contributed by atoms with Crippen molar-refractivity contribution in [1.29, 1.82) is 0 Å². The second-order valence-corrected chi connectivity index (χ2v) is 5.92. The van der Waals surface area contributed by atoms with Gasteiger partial charge in [0.2, 0.25) is 0 Å². The highest BCUT2D eigenvalue weighted by Gasteiger charge is 2.12. The lowest BCUT2D eigenvalue weighted by Crippen LogP contribution is -2.17. The summed E-state index contributed by atoms with van der Waals surface area (Å²) in [7, 11) is 2.00.